The molecule has 4 aromatic rings. The van der Waals surface area contributed by atoms with Gasteiger partial charge in [0.2, 0.25) is 15.9 Å². The normalized spacial score (nSPS) is 19.5. The predicted octanol–water partition coefficient (Wildman–Crippen LogP) is 5.97. The Kier molecular flexibility index (Phi) is 7.17. The molecule has 6 rings (SSSR count). The molecule has 0 aliphatic heterocycles. The van der Waals surface area contributed by atoms with Crippen molar-refractivity contribution in [3.63, 3.8) is 0 Å². The topological polar surface area (TPSA) is 79.4 Å². The van der Waals surface area contributed by atoms with Crippen molar-refractivity contribution in [2.75, 3.05) is 4.90 Å². The van der Waals surface area contributed by atoms with Crippen LogP contribution < -0.4 is 9.62 Å². The summed E-state index contributed by atoms with van der Waals surface area (Å²) < 4.78 is 55.7. The number of nitrogens with zero attached hydrogens (tertiary/aromatic N) is 2. The summed E-state index contributed by atoms with van der Waals surface area (Å²) in [5, 5.41) is 0. The molecule has 210 valence electrons. The van der Waals surface area contributed by atoms with E-state index < -0.39 is 21.9 Å². The van der Waals surface area contributed by atoms with Gasteiger partial charge in [0.15, 0.2) is 0 Å². The molecule has 0 saturated heterocycles. The Labute approximate surface area is 238 Å². The van der Waals surface area contributed by atoms with E-state index in [1.807, 2.05) is 43.3 Å². The first-order valence-electron chi connectivity index (χ1n) is 13.6. The fourth-order valence-electron chi connectivity index (χ4n) is 5.64. The highest BCUT2D eigenvalue weighted by atomic mass is 32.2. The van der Waals surface area contributed by atoms with Crippen molar-refractivity contribution in [1.82, 2.24) is 9.71 Å². The number of sulfonamides is 1. The SMILES string of the molecule is Cc1cccc(CN(C(=O)[C@@H]2C[C@@H]2c2ccc(F)cc2)c2ccc3c(c2)[C@@H](NS(=O)(=O)c2ccc(F)cc2)CC3)n1. The summed E-state index contributed by atoms with van der Waals surface area (Å²) in [4.78, 5) is 20.3. The van der Waals surface area contributed by atoms with Crippen LogP contribution in [-0.2, 0) is 27.8 Å². The van der Waals surface area contributed by atoms with Crippen molar-refractivity contribution in [2.45, 2.75) is 49.6 Å². The minimum atomic E-state index is -3.88. The number of carbonyl (C=O) groups is 1. The average molecular weight is 574 g/mol. The Morgan fingerprint density at radius 3 is 2.39 bits per heavy atom. The number of nitrogens with one attached hydrogen (secondary N) is 1. The molecule has 0 bridgehead atoms. The fraction of sp³-hybridized carbons (Fsp3) is 0.250. The zero-order valence-electron chi connectivity index (χ0n) is 22.4. The first-order valence-corrected chi connectivity index (χ1v) is 15.1. The zero-order chi connectivity index (χ0) is 28.7. The van der Waals surface area contributed by atoms with Gasteiger partial charge in [0, 0.05) is 23.3 Å². The zero-order valence-corrected chi connectivity index (χ0v) is 23.2. The van der Waals surface area contributed by atoms with Gasteiger partial charge in [0.25, 0.3) is 0 Å². The molecule has 0 spiro atoms. The number of carbonyl (C=O) groups excluding carboxylic acids is 1. The van der Waals surface area contributed by atoms with Gasteiger partial charge >= 0.3 is 0 Å². The number of benzene rings is 3. The molecule has 3 aromatic carbocycles. The van der Waals surface area contributed by atoms with Gasteiger partial charge in [-0.1, -0.05) is 24.3 Å². The maximum atomic E-state index is 14.0. The van der Waals surface area contributed by atoms with Crippen molar-refractivity contribution in [3.8, 4) is 0 Å². The van der Waals surface area contributed by atoms with Crippen LogP contribution in [0.15, 0.2) is 89.8 Å². The van der Waals surface area contributed by atoms with Gasteiger partial charge in [0.1, 0.15) is 11.6 Å². The summed E-state index contributed by atoms with van der Waals surface area (Å²) in [5.74, 6) is -1.10. The lowest BCUT2D eigenvalue weighted by Gasteiger charge is -2.25. The van der Waals surface area contributed by atoms with Crippen LogP contribution in [-0.4, -0.2) is 19.3 Å². The Morgan fingerprint density at radius 2 is 1.68 bits per heavy atom. The number of halogens is 2. The number of amides is 1. The van der Waals surface area contributed by atoms with Crippen LogP contribution >= 0.6 is 0 Å². The largest absolute Gasteiger partial charge is 0.306 e. The number of hydrogen-bond donors (Lipinski definition) is 1. The van der Waals surface area contributed by atoms with Gasteiger partial charge < -0.3 is 4.90 Å². The first kappa shape index (κ1) is 27.2. The number of aryl methyl sites for hydroxylation is 2. The number of rotatable bonds is 8. The minimum Gasteiger partial charge on any atom is -0.306 e. The van der Waals surface area contributed by atoms with Crippen LogP contribution in [0.3, 0.4) is 0 Å². The van der Waals surface area contributed by atoms with Gasteiger partial charge in [0.05, 0.1) is 17.1 Å². The molecule has 0 unspecified atom stereocenters. The Balaban J connectivity index is 1.29. The minimum absolute atomic E-state index is 0.00796. The Bertz CT molecular complexity index is 1710. The van der Waals surface area contributed by atoms with Crippen molar-refractivity contribution < 1.29 is 22.0 Å². The third-order valence-corrected chi connectivity index (χ3v) is 9.37. The number of hydrogen-bond acceptors (Lipinski definition) is 4. The molecular formula is C32H29F2N3O3S. The Hall–Kier alpha value is -3.95. The standard InChI is InChI=1S/C32H29F2N3O3S/c1-20-3-2-4-25(35-20)19-37(32(38)30-18-28(30)21-5-9-23(33)10-6-21)26-13-7-22-8-16-31(29(22)17-26)36-41(39,40)27-14-11-24(34)12-15-27/h2-7,9-15,17,28,30-31,36H,8,16,18-19H2,1H3/t28-,30-,31+/m1/s1. The van der Waals surface area contributed by atoms with E-state index in [-0.39, 0.29) is 35.0 Å². The van der Waals surface area contributed by atoms with Crippen molar-refractivity contribution in [1.29, 1.82) is 0 Å². The molecule has 2 aliphatic carbocycles. The molecule has 1 N–H and O–H groups in total. The molecule has 1 fully saturated rings. The molecule has 1 amide bonds. The molecular weight excluding hydrogens is 544 g/mol. The van der Waals surface area contributed by atoms with Gasteiger partial charge in [-0.25, -0.2) is 21.9 Å². The van der Waals surface area contributed by atoms with Crippen LogP contribution in [0.25, 0.3) is 0 Å². The highest BCUT2D eigenvalue weighted by Gasteiger charge is 2.46. The highest BCUT2D eigenvalue weighted by molar-refractivity contribution is 7.89. The lowest BCUT2D eigenvalue weighted by atomic mass is 10.1. The van der Waals surface area contributed by atoms with Gasteiger partial charge in [-0.3, -0.25) is 9.78 Å². The maximum absolute atomic E-state index is 14.0. The lowest BCUT2D eigenvalue weighted by Crippen LogP contribution is -2.33. The van der Waals surface area contributed by atoms with Crippen molar-refractivity contribution >= 4 is 21.6 Å². The van der Waals surface area contributed by atoms with Crippen LogP contribution in [0.5, 0.6) is 0 Å². The molecule has 1 heterocycles. The van der Waals surface area contributed by atoms with Crippen molar-refractivity contribution in [3.05, 3.63) is 125 Å². The van der Waals surface area contributed by atoms with E-state index in [0.717, 1.165) is 40.2 Å². The molecule has 6 nitrogen and oxygen atoms in total. The lowest BCUT2D eigenvalue weighted by molar-refractivity contribution is -0.120. The molecule has 1 aromatic heterocycles. The predicted molar refractivity (Wildman–Crippen MR) is 152 cm³/mol. The Morgan fingerprint density at radius 1 is 0.976 bits per heavy atom. The maximum Gasteiger partial charge on any atom is 0.241 e. The molecule has 2 aliphatic rings. The quantitative estimate of drug-likeness (QED) is 0.282. The second kappa shape index (κ2) is 10.8. The molecule has 1 saturated carbocycles. The first-order chi connectivity index (χ1) is 19.7. The summed E-state index contributed by atoms with van der Waals surface area (Å²) in [7, 11) is -3.88. The van der Waals surface area contributed by atoms with E-state index in [4.69, 9.17) is 0 Å². The molecule has 0 radical (unpaired) electrons. The monoisotopic (exact) mass is 573 g/mol. The van der Waals surface area contributed by atoms with E-state index in [9.17, 15) is 22.0 Å². The highest BCUT2D eigenvalue weighted by Crippen LogP contribution is 2.49. The van der Waals surface area contributed by atoms with Crippen LogP contribution in [0.1, 0.15) is 52.9 Å². The molecule has 41 heavy (non-hydrogen) atoms. The van der Waals surface area contributed by atoms with E-state index in [1.165, 1.54) is 24.3 Å². The van der Waals surface area contributed by atoms with Crippen LogP contribution in [0.4, 0.5) is 14.5 Å². The summed E-state index contributed by atoms with van der Waals surface area (Å²) in [5.41, 5.74) is 5.00. The van der Waals surface area contributed by atoms with E-state index >= 15 is 0 Å². The van der Waals surface area contributed by atoms with E-state index in [1.54, 1.807) is 17.0 Å². The smallest absolute Gasteiger partial charge is 0.241 e. The fourth-order valence-corrected chi connectivity index (χ4v) is 6.89. The third kappa shape index (κ3) is 5.78. The van der Waals surface area contributed by atoms with E-state index in [2.05, 4.69) is 9.71 Å². The van der Waals surface area contributed by atoms with Crippen molar-refractivity contribution in [2.24, 2.45) is 5.92 Å². The van der Waals surface area contributed by atoms with E-state index in [0.29, 0.717) is 24.9 Å². The number of fused-ring (bicyclic) bond motifs is 1. The van der Waals surface area contributed by atoms with Crippen LogP contribution in [0, 0.1) is 24.5 Å². The van der Waals surface area contributed by atoms with Gasteiger partial charge in [-0.15, -0.1) is 0 Å². The summed E-state index contributed by atoms with van der Waals surface area (Å²) in [6, 6.07) is 22.0. The average Bonchev–Trinajstić information content (AvgIpc) is 3.66. The number of pyridine rings is 1. The number of aromatic nitrogens is 1. The summed E-state index contributed by atoms with van der Waals surface area (Å²) >= 11 is 0. The molecule has 9 heteroatoms. The summed E-state index contributed by atoms with van der Waals surface area (Å²) in [6.07, 6.45) is 1.93. The summed E-state index contributed by atoms with van der Waals surface area (Å²) in [6.45, 7) is 2.16. The third-order valence-electron chi connectivity index (χ3n) is 7.88. The molecule has 3 atom stereocenters. The van der Waals surface area contributed by atoms with Crippen LogP contribution in [0.2, 0.25) is 0 Å². The van der Waals surface area contributed by atoms with Gasteiger partial charge in [-0.05, 0) is 109 Å². The second-order valence-corrected chi connectivity index (χ2v) is 12.5. The number of anilines is 1. The van der Waals surface area contributed by atoms with Gasteiger partial charge in [-0.2, -0.15) is 0 Å². The second-order valence-electron chi connectivity index (χ2n) is 10.7.